The Hall–Kier alpha value is -0.260. The first-order valence-electron chi connectivity index (χ1n) is 7.99. The fourth-order valence-electron chi connectivity index (χ4n) is 6.89. The Labute approximate surface area is 106 Å². The fraction of sp³-hybridized carbons (Fsp3) is 0.882. The minimum Gasteiger partial charge on any atom is -0.0848 e. The minimum atomic E-state index is 0.776. The zero-order valence-corrected chi connectivity index (χ0v) is 11.4. The first-order chi connectivity index (χ1) is 8.31. The van der Waals surface area contributed by atoms with Crippen LogP contribution in [0.15, 0.2) is 12.2 Å². The van der Waals surface area contributed by atoms with E-state index in [4.69, 9.17) is 0 Å². The Morgan fingerprint density at radius 2 is 2.00 bits per heavy atom. The Morgan fingerprint density at radius 1 is 1.12 bits per heavy atom. The first kappa shape index (κ1) is 10.6. The van der Waals surface area contributed by atoms with Gasteiger partial charge < -0.3 is 0 Å². The molecule has 4 bridgehead atoms. The van der Waals surface area contributed by atoms with Crippen LogP contribution in [0.4, 0.5) is 0 Å². The van der Waals surface area contributed by atoms with Crippen molar-refractivity contribution in [3.8, 4) is 0 Å². The van der Waals surface area contributed by atoms with E-state index in [9.17, 15) is 0 Å². The van der Waals surface area contributed by atoms with Gasteiger partial charge in [0.05, 0.1) is 0 Å². The zero-order chi connectivity index (χ0) is 11.6. The van der Waals surface area contributed by atoms with Crippen molar-refractivity contribution in [1.29, 1.82) is 0 Å². The number of fused-ring (bicyclic) bond motifs is 9. The largest absolute Gasteiger partial charge is 0.0848 e. The molecule has 0 spiro atoms. The molecule has 0 aromatic heterocycles. The van der Waals surface area contributed by atoms with Crippen LogP contribution in [-0.2, 0) is 0 Å². The number of rotatable bonds is 3. The second kappa shape index (κ2) is 3.39. The van der Waals surface area contributed by atoms with Crippen LogP contribution in [-0.4, -0.2) is 0 Å². The van der Waals surface area contributed by atoms with Crippen LogP contribution in [0.2, 0.25) is 0 Å². The van der Waals surface area contributed by atoms with Crippen molar-refractivity contribution in [2.75, 3.05) is 0 Å². The second-order valence-corrected chi connectivity index (χ2v) is 7.29. The molecule has 0 aromatic rings. The van der Waals surface area contributed by atoms with Crippen molar-refractivity contribution in [3.05, 3.63) is 12.2 Å². The third-order valence-corrected chi connectivity index (χ3v) is 7.03. The standard InChI is InChI=1S/C17H26/c1-3-7-17-14-6-5-12(9-14)16(17)13-8-11(4-2)15(17)10-13/h5-6,11-16H,3-4,7-10H2,1-2H3. The number of allylic oxidation sites excluding steroid dienone is 2. The summed E-state index contributed by atoms with van der Waals surface area (Å²) in [5, 5.41) is 0. The van der Waals surface area contributed by atoms with Crippen LogP contribution in [0.3, 0.4) is 0 Å². The molecule has 0 N–H and O–H groups in total. The summed E-state index contributed by atoms with van der Waals surface area (Å²) >= 11 is 0. The van der Waals surface area contributed by atoms with E-state index in [0.717, 1.165) is 40.9 Å². The summed E-state index contributed by atoms with van der Waals surface area (Å²) in [6.07, 6.45) is 14.3. The van der Waals surface area contributed by atoms with Gasteiger partial charge >= 0.3 is 0 Å². The SMILES string of the molecule is CCCC12C3C=CC(C3)C1C1CC(CC)C2C1. The van der Waals surface area contributed by atoms with Crippen LogP contribution in [0.25, 0.3) is 0 Å². The molecule has 4 rings (SSSR count). The van der Waals surface area contributed by atoms with Gasteiger partial charge in [-0.25, -0.2) is 0 Å². The molecular weight excluding hydrogens is 204 g/mol. The summed E-state index contributed by atoms with van der Waals surface area (Å²) in [6.45, 7) is 4.84. The lowest BCUT2D eigenvalue weighted by molar-refractivity contribution is 0.0163. The summed E-state index contributed by atoms with van der Waals surface area (Å²) < 4.78 is 0. The van der Waals surface area contributed by atoms with E-state index in [2.05, 4.69) is 26.0 Å². The van der Waals surface area contributed by atoms with E-state index in [-0.39, 0.29) is 0 Å². The molecule has 94 valence electrons. The summed E-state index contributed by atoms with van der Waals surface area (Å²) in [5.74, 6) is 6.35. The van der Waals surface area contributed by atoms with Crippen molar-refractivity contribution in [2.24, 2.45) is 40.9 Å². The maximum absolute atomic E-state index is 2.62. The summed E-state index contributed by atoms with van der Waals surface area (Å²) in [5.41, 5.74) is 0.776. The number of hydrogen-bond acceptors (Lipinski definition) is 0. The average molecular weight is 230 g/mol. The van der Waals surface area contributed by atoms with E-state index in [1.165, 1.54) is 25.7 Å². The third kappa shape index (κ3) is 1.07. The van der Waals surface area contributed by atoms with Gasteiger partial charge in [-0.2, -0.15) is 0 Å². The molecule has 0 aromatic carbocycles. The van der Waals surface area contributed by atoms with Crippen LogP contribution in [0, 0.1) is 40.9 Å². The van der Waals surface area contributed by atoms with E-state index >= 15 is 0 Å². The molecule has 3 saturated carbocycles. The van der Waals surface area contributed by atoms with E-state index in [1.807, 2.05) is 0 Å². The molecule has 7 atom stereocenters. The molecular formula is C17H26. The Bertz CT molecular complexity index is 355. The Kier molecular flexibility index (Phi) is 2.13. The predicted molar refractivity (Wildman–Crippen MR) is 71.6 cm³/mol. The van der Waals surface area contributed by atoms with Gasteiger partial charge in [0.2, 0.25) is 0 Å². The molecule has 4 aliphatic carbocycles. The fourth-order valence-corrected chi connectivity index (χ4v) is 6.89. The molecule has 0 heterocycles. The summed E-state index contributed by atoms with van der Waals surface area (Å²) in [7, 11) is 0. The molecule has 0 heteroatoms. The van der Waals surface area contributed by atoms with Gasteiger partial charge in [-0.05, 0) is 66.6 Å². The van der Waals surface area contributed by atoms with Crippen molar-refractivity contribution < 1.29 is 0 Å². The van der Waals surface area contributed by atoms with Gasteiger partial charge in [0.1, 0.15) is 0 Å². The topological polar surface area (TPSA) is 0 Å². The quantitative estimate of drug-likeness (QED) is 0.488. The molecule has 7 unspecified atom stereocenters. The molecule has 0 radical (unpaired) electrons. The van der Waals surface area contributed by atoms with E-state index in [0.29, 0.717) is 0 Å². The van der Waals surface area contributed by atoms with Gasteiger partial charge in [0, 0.05) is 0 Å². The molecule has 4 aliphatic rings. The molecule has 0 aliphatic heterocycles. The highest BCUT2D eigenvalue weighted by Gasteiger charge is 2.68. The van der Waals surface area contributed by atoms with Crippen molar-refractivity contribution in [3.63, 3.8) is 0 Å². The van der Waals surface area contributed by atoms with Gasteiger partial charge in [-0.3, -0.25) is 0 Å². The molecule has 0 amide bonds. The first-order valence-corrected chi connectivity index (χ1v) is 7.99. The Balaban J connectivity index is 1.77. The zero-order valence-electron chi connectivity index (χ0n) is 11.4. The summed E-state index contributed by atoms with van der Waals surface area (Å²) in [4.78, 5) is 0. The van der Waals surface area contributed by atoms with E-state index in [1.54, 1.807) is 12.8 Å². The average Bonchev–Trinajstić information content (AvgIpc) is 3.05. The lowest BCUT2D eigenvalue weighted by Crippen LogP contribution is -2.43. The van der Waals surface area contributed by atoms with Crippen LogP contribution < -0.4 is 0 Å². The summed E-state index contributed by atoms with van der Waals surface area (Å²) in [6, 6.07) is 0. The monoisotopic (exact) mass is 230 g/mol. The van der Waals surface area contributed by atoms with E-state index < -0.39 is 0 Å². The lowest BCUT2D eigenvalue weighted by Gasteiger charge is -2.48. The molecule has 0 nitrogen and oxygen atoms in total. The lowest BCUT2D eigenvalue weighted by atomic mass is 9.56. The second-order valence-electron chi connectivity index (χ2n) is 7.29. The predicted octanol–water partition coefficient (Wildman–Crippen LogP) is 4.66. The van der Waals surface area contributed by atoms with Crippen molar-refractivity contribution in [1.82, 2.24) is 0 Å². The maximum atomic E-state index is 2.62. The Morgan fingerprint density at radius 3 is 2.76 bits per heavy atom. The van der Waals surface area contributed by atoms with Crippen LogP contribution in [0.5, 0.6) is 0 Å². The molecule has 3 fully saturated rings. The normalized spacial score (nSPS) is 58.0. The van der Waals surface area contributed by atoms with Gasteiger partial charge in [0.25, 0.3) is 0 Å². The molecule has 0 saturated heterocycles. The minimum absolute atomic E-state index is 0.776. The van der Waals surface area contributed by atoms with Crippen molar-refractivity contribution >= 4 is 0 Å². The smallest absolute Gasteiger partial charge is 0.0165 e. The van der Waals surface area contributed by atoms with Crippen LogP contribution in [0.1, 0.15) is 52.4 Å². The highest BCUT2D eigenvalue weighted by atomic mass is 14.7. The number of hydrogen-bond donors (Lipinski definition) is 0. The maximum Gasteiger partial charge on any atom is -0.0165 e. The highest BCUT2D eigenvalue weighted by molar-refractivity contribution is 5.26. The van der Waals surface area contributed by atoms with Crippen molar-refractivity contribution in [2.45, 2.75) is 52.4 Å². The third-order valence-electron chi connectivity index (χ3n) is 7.03. The van der Waals surface area contributed by atoms with Gasteiger partial charge in [-0.1, -0.05) is 38.8 Å². The van der Waals surface area contributed by atoms with Gasteiger partial charge in [-0.15, -0.1) is 0 Å². The molecule has 17 heavy (non-hydrogen) atoms. The highest BCUT2D eigenvalue weighted by Crippen LogP contribution is 2.75. The van der Waals surface area contributed by atoms with Gasteiger partial charge in [0.15, 0.2) is 0 Å². The van der Waals surface area contributed by atoms with Crippen LogP contribution >= 0.6 is 0 Å².